The number of methoxy groups -OCH3 is 1. The number of hydrogen-bond donors (Lipinski definition) is 1. The van der Waals surface area contributed by atoms with Gasteiger partial charge in [0.2, 0.25) is 0 Å². The van der Waals surface area contributed by atoms with Crippen molar-refractivity contribution in [2.75, 3.05) is 13.7 Å². The number of amides is 1. The van der Waals surface area contributed by atoms with Crippen LogP contribution in [0.15, 0.2) is 48.5 Å². The molecule has 34 heavy (non-hydrogen) atoms. The van der Waals surface area contributed by atoms with Gasteiger partial charge in [-0.1, -0.05) is 30.3 Å². The third kappa shape index (κ3) is 4.53. The molecule has 5 rings (SSSR count). The molecule has 1 amide bonds. The lowest BCUT2D eigenvalue weighted by Gasteiger charge is -2.14. The van der Waals surface area contributed by atoms with E-state index in [4.69, 9.17) is 14.5 Å². The Hall–Kier alpha value is -3.67. The highest BCUT2D eigenvalue weighted by molar-refractivity contribution is 6.07. The number of allylic oxidation sites excluding steroid dienone is 1. The molecule has 0 spiro atoms. The summed E-state index contributed by atoms with van der Waals surface area (Å²) in [5, 5.41) is 3.69. The van der Waals surface area contributed by atoms with Gasteiger partial charge >= 0.3 is 5.97 Å². The summed E-state index contributed by atoms with van der Waals surface area (Å²) in [6.07, 6.45) is 5.87. The molecule has 3 aromatic rings. The Morgan fingerprint density at radius 1 is 1.12 bits per heavy atom. The van der Waals surface area contributed by atoms with E-state index in [0.717, 1.165) is 58.3 Å². The van der Waals surface area contributed by atoms with Gasteiger partial charge in [-0.2, -0.15) is 0 Å². The molecule has 1 saturated carbocycles. The number of para-hydroxylation sites is 1. The van der Waals surface area contributed by atoms with Crippen LogP contribution in [0.5, 0.6) is 5.75 Å². The van der Waals surface area contributed by atoms with Crippen molar-refractivity contribution in [2.24, 2.45) is 5.92 Å². The number of nitrogens with one attached hydrogen (secondary N) is 1. The van der Waals surface area contributed by atoms with Gasteiger partial charge in [0.05, 0.1) is 23.9 Å². The number of hydrogen-bond acceptors (Lipinski definition) is 5. The highest BCUT2D eigenvalue weighted by Crippen LogP contribution is 2.38. The SMILES string of the molecule is COc1ccc(/C=C2\CCc3c2nc2ccccc2c3C(=O)OCC(=O)NC(C)C2CC2)cc1. The Morgan fingerprint density at radius 3 is 2.62 bits per heavy atom. The van der Waals surface area contributed by atoms with Gasteiger partial charge in [-0.25, -0.2) is 9.78 Å². The van der Waals surface area contributed by atoms with E-state index < -0.39 is 5.97 Å². The molecule has 1 atom stereocenters. The number of benzene rings is 2. The minimum absolute atomic E-state index is 0.114. The Balaban J connectivity index is 1.43. The van der Waals surface area contributed by atoms with Crippen molar-refractivity contribution in [3.05, 3.63) is 70.9 Å². The number of rotatable bonds is 7. The zero-order valence-electron chi connectivity index (χ0n) is 19.5. The van der Waals surface area contributed by atoms with Crippen LogP contribution < -0.4 is 10.1 Å². The smallest absolute Gasteiger partial charge is 0.339 e. The summed E-state index contributed by atoms with van der Waals surface area (Å²) in [6, 6.07) is 15.6. The second-order valence-corrected chi connectivity index (χ2v) is 9.04. The lowest BCUT2D eigenvalue weighted by Crippen LogP contribution is -2.37. The number of ether oxygens (including phenoxy) is 2. The van der Waals surface area contributed by atoms with Gasteiger partial charge < -0.3 is 14.8 Å². The zero-order chi connectivity index (χ0) is 23.7. The number of carbonyl (C=O) groups excluding carboxylic acids is 2. The first-order chi connectivity index (χ1) is 16.5. The van der Waals surface area contributed by atoms with Crippen LogP contribution in [0.4, 0.5) is 0 Å². The molecule has 1 fully saturated rings. The Bertz CT molecular complexity index is 1280. The maximum Gasteiger partial charge on any atom is 0.339 e. The zero-order valence-corrected chi connectivity index (χ0v) is 19.5. The van der Waals surface area contributed by atoms with Crippen molar-refractivity contribution in [3.8, 4) is 5.75 Å². The van der Waals surface area contributed by atoms with Crippen LogP contribution in [-0.2, 0) is 16.0 Å². The van der Waals surface area contributed by atoms with E-state index in [-0.39, 0.29) is 18.6 Å². The first kappa shape index (κ1) is 22.1. The molecule has 0 aliphatic heterocycles. The molecular formula is C28H28N2O4. The second-order valence-electron chi connectivity index (χ2n) is 9.04. The lowest BCUT2D eigenvalue weighted by molar-refractivity contribution is -0.124. The number of esters is 1. The van der Waals surface area contributed by atoms with Gasteiger partial charge in [-0.15, -0.1) is 0 Å². The summed E-state index contributed by atoms with van der Waals surface area (Å²) in [5.74, 6) is 0.610. The molecule has 0 bridgehead atoms. The molecule has 0 saturated heterocycles. The summed E-state index contributed by atoms with van der Waals surface area (Å²) in [4.78, 5) is 30.4. The predicted molar refractivity (Wildman–Crippen MR) is 132 cm³/mol. The fraction of sp³-hybridized carbons (Fsp3) is 0.321. The molecule has 174 valence electrons. The average molecular weight is 457 g/mol. The van der Waals surface area contributed by atoms with Crippen molar-refractivity contribution in [3.63, 3.8) is 0 Å². The molecule has 0 radical (unpaired) electrons. The van der Waals surface area contributed by atoms with E-state index in [1.165, 1.54) is 0 Å². The predicted octanol–water partition coefficient (Wildman–Crippen LogP) is 4.80. The Labute approximate surface area is 199 Å². The van der Waals surface area contributed by atoms with Crippen LogP contribution in [0.1, 0.15) is 53.4 Å². The van der Waals surface area contributed by atoms with E-state index in [2.05, 4.69) is 11.4 Å². The fourth-order valence-corrected chi connectivity index (χ4v) is 4.63. The van der Waals surface area contributed by atoms with Gasteiger partial charge in [-0.05, 0) is 79.5 Å². The Kier molecular flexibility index (Phi) is 6.05. The van der Waals surface area contributed by atoms with Crippen molar-refractivity contribution in [2.45, 2.75) is 38.6 Å². The summed E-state index contributed by atoms with van der Waals surface area (Å²) < 4.78 is 10.7. The monoisotopic (exact) mass is 456 g/mol. The van der Waals surface area contributed by atoms with Crippen molar-refractivity contribution >= 4 is 34.4 Å². The van der Waals surface area contributed by atoms with E-state index >= 15 is 0 Å². The molecular weight excluding hydrogens is 428 g/mol. The third-order valence-corrected chi connectivity index (χ3v) is 6.65. The van der Waals surface area contributed by atoms with E-state index in [9.17, 15) is 9.59 Å². The van der Waals surface area contributed by atoms with E-state index in [1.807, 2.05) is 55.5 Å². The van der Waals surface area contributed by atoms with Crippen LogP contribution in [0.2, 0.25) is 0 Å². The number of pyridine rings is 1. The van der Waals surface area contributed by atoms with Crippen LogP contribution in [0, 0.1) is 5.92 Å². The fourth-order valence-electron chi connectivity index (χ4n) is 4.63. The van der Waals surface area contributed by atoms with Crippen molar-refractivity contribution in [1.82, 2.24) is 10.3 Å². The summed E-state index contributed by atoms with van der Waals surface area (Å²) in [7, 11) is 1.65. The average Bonchev–Trinajstić information content (AvgIpc) is 3.64. The number of nitrogens with zero attached hydrogens (tertiary/aromatic N) is 1. The molecule has 6 nitrogen and oxygen atoms in total. The van der Waals surface area contributed by atoms with Gasteiger partial charge in [0.25, 0.3) is 5.91 Å². The quantitative estimate of drug-likeness (QED) is 0.517. The molecule has 2 aromatic carbocycles. The highest BCUT2D eigenvalue weighted by atomic mass is 16.5. The van der Waals surface area contributed by atoms with Gasteiger partial charge in [0, 0.05) is 11.4 Å². The number of carbonyl (C=O) groups is 2. The maximum absolute atomic E-state index is 13.2. The lowest BCUT2D eigenvalue weighted by atomic mass is 10.0. The van der Waals surface area contributed by atoms with E-state index in [1.54, 1.807) is 7.11 Å². The normalized spacial score (nSPS) is 16.8. The van der Waals surface area contributed by atoms with Crippen LogP contribution in [-0.4, -0.2) is 36.6 Å². The molecule has 1 aromatic heterocycles. The van der Waals surface area contributed by atoms with Crippen molar-refractivity contribution < 1.29 is 19.1 Å². The third-order valence-electron chi connectivity index (χ3n) is 6.65. The standard InChI is InChI=1S/C28H28N2O4/c1-17(19-9-10-19)29-25(31)16-34-28(32)26-22-5-3-4-6-24(22)30-27-20(11-14-23(26)27)15-18-7-12-21(33-2)13-8-18/h3-8,12-13,15,17,19H,9-11,14,16H2,1-2H3,(H,29,31)/b20-15+. The van der Waals surface area contributed by atoms with Gasteiger partial charge in [0.1, 0.15) is 5.75 Å². The molecule has 1 heterocycles. The Morgan fingerprint density at radius 2 is 1.88 bits per heavy atom. The van der Waals surface area contributed by atoms with Crippen molar-refractivity contribution in [1.29, 1.82) is 0 Å². The minimum atomic E-state index is -0.477. The summed E-state index contributed by atoms with van der Waals surface area (Å²) in [5.41, 5.74) is 5.09. The molecule has 2 aliphatic carbocycles. The molecule has 6 heteroatoms. The number of fused-ring (bicyclic) bond motifs is 2. The largest absolute Gasteiger partial charge is 0.497 e. The highest BCUT2D eigenvalue weighted by Gasteiger charge is 2.30. The topological polar surface area (TPSA) is 77.5 Å². The van der Waals surface area contributed by atoms with Crippen LogP contribution in [0.3, 0.4) is 0 Å². The first-order valence-electron chi connectivity index (χ1n) is 11.8. The number of aromatic nitrogens is 1. The summed E-state index contributed by atoms with van der Waals surface area (Å²) in [6.45, 7) is 1.72. The molecule has 1 N–H and O–H groups in total. The second kappa shape index (κ2) is 9.29. The molecule has 2 aliphatic rings. The molecule has 1 unspecified atom stereocenters. The first-order valence-corrected chi connectivity index (χ1v) is 11.8. The minimum Gasteiger partial charge on any atom is -0.497 e. The van der Waals surface area contributed by atoms with E-state index in [0.29, 0.717) is 17.9 Å². The summed E-state index contributed by atoms with van der Waals surface area (Å²) >= 11 is 0. The maximum atomic E-state index is 13.2. The van der Waals surface area contributed by atoms with Gasteiger partial charge in [-0.3, -0.25) is 4.79 Å². The van der Waals surface area contributed by atoms with Crippen LogP contribution in [0.25, 0.3) is 22.6 Å². The van der Waals surface area contributed by atoms with Gasteiger partial charge in [0.15, 0.2) is 6.61 Å². The van der Waals surface area contributed by atoms with Crippen LogP contribution >= 0.6 is 0 Å².